The van der Waals surface area contributed by atoms with Gasteiger partial charge in [0.05, 0.1) is 11.3 Å². The van der Waals surface area contributed by atoms with Crippen LogP contribution in [0.5, 0.6) is 0 Å². The zero-order chi connectivity index (χ0) is 20.1. The molecule has 4 nitrogen and oxygen atoms in total. The number of para-hydroxylation sites is 1. The van der Waals surface area contributed by atoms with Crippen LogP contribution in [0.25, 0.3) is 0 Å². The van der Waals surface area contributed by atoms with Crippen molar-refractivity contribution in [2.45, 2.75) is 19.6 Å². The van der Waals surface area contributed by atoms with Crippen LogP contribution in [0, 0.1) is 6.92 Å². The van der Waals surface area contributed by atoms with Crippen LogP contribution in [0.1, 0.15) is 27.2 Å². The van der Waals surface area contributed by atoms with E-state index >= 15 is 0 Å². The summed E-state index contributed by atoms with van der Waals surface area (Å²) in [6.07, 6.45) is -3.11. The first-order chi connectivity index (χ1) is 13.3. The number of pyridine rings is 1. The third kappa shape index (κ3) is 4.68. The largest absolute Gasteiger partial charge is 0.418 e. The molecule has 0 atom stereocenters. The summed E-state index contributed by atoms with van der Waals surface area (Å²) in [5, 5.41) is 5.49. The van der Waals surface area contributed by atoms with Gasteiger partial charge in [-0.2, -0.15) is 13.2 Å². The van der Waals surface area contributed by atoms with Gasteiger partial charge in [-0.1, -0.05) is 36.4 Å². The van der Waals surface area contributed by atoms with Gasteiger partial charge in [-0.3, -0.25) is 9.78 Å². The summed E-state index contributed by atoms with van der Waals surface area (Å²) in [5.74, 6) is -0.406. The second kappa shape index (κ2) is 8.12. The van der Waals surface area contributed by atoms with E-state index in [1.165, 1.54) is 36.5 Å². The van der Waals surface area contributed by atoms with Crippen molar-refractivity contribution >= 4 is 17.3 Å². The van der Waals surface area contributed by atoms with Crippen LogP contribution >= 0.6 is 0 Å². The fourth-order valence-electron chi connectivity index (χ4n) is 2.70. The Labute approximate surface area is 160 Å². The fraction of sp³-hybridized carbons (Fsp3) is 0.143. The molecule has 0 spiro atoms. The van der Waals surface area contributed by atoms with Gasteiger partial charge in [0.2, 0.25) is 0 Å². The Hall–Kier alpha value is -3.35. The van der Waals surface area contributed by atoms with Gasteiger partial charge in [0.25, 0.3) is 5.91 Å². The van der Waals surface area contributed by atoms with Crippen LogP contribution in [0.4, 0.5) is 24.5 Å². The Bertz CT molecular complexity index is 986. The van der Waals surface area contributed by atoms with E-state index in [1.807, 2.05) is 31.2 Å². The number of hydrogen-bond donors (Lipinski definition) is 2. The Morgan fingerprint density at radius 1 is 1.04 bits per heavy atom. The molecule has 1 heterocycles. The monoisotopic (exact) mass is 385 g/mol. The van der Waals surface area contributed by atoms with Crippen molar-refractivity contribution in [3.05, 3.63) is 89.2 Å². The van der Waals surface area contributed by atoms with Crippen molar-refractivity contribution in [1.29, 1.82) is 0 Å². The average Bonchev–Trinajstić information content (AvgIpc) is 2.67. The van der Waals surface area contributed by atoms with E-state index in [2.05, 4.69) is 15.6 Å². The molecule has 144 valence electrons. The molecule has 0 saturated carbocycles. The van der Waals surface area contributed by atoms with Crippen LogP contribution in [-0.4, -0.2) is 10.9 Å². The van der Waals surface area contributed by atoms with Gasteiger partial charge in [0.1, 0.15) is 5.69 Å². The Morgan fingerprint density at radius 3 is 2.50 bits per heavy atom. The number of carbonyl (C=O) groups excluding carboxylic acids is 1. The van der Waals surface area contributed by atoms with Crippen molar-refractivity contribution < 1.29 is 18.0 Å². The lowest BCUT2D eigenvalue weighted by molar-refractivity contribution is -0.136. The topological polar surface area (TPSA) is 54.0 Å². The minimum absolute atomic E-state index is 0.0903. The summed E-state index contributed by atoms with van der Waals surface area (Å²) in [5.41, 5.74) is 1.61. The maximum absolute atomic E-state index is 13.1. The molecule has 0 radical (unpaired) electrons. The van der Waals surface area contributed by atoms with Crippen molar-refractivity contribution in [3.8, 4) is 0 Å². The number of nitrogens with zero attached hydrogens (tertiary/aromatic N) is 1. The molecule has 1 amide bonds. The molecule has 2 N–H and O–H groups in total. The molecule has 0 aliphatic carbocycles. The minimum Gasteiger partial charge on any atom is -0.355 e. The highest BCUT2D eigenvalue weighted by Gasteiger charge is 2.33. The Balaban J connectivity index is 1.74. The normalized spacial score (nSPS) is 11.1. The van der Waals surface area contributed by atoms with Gasteiger partial charge in [-0.15, -0.1) is 0 Å². The highest BCUT2D eigenvalue weighted by molar-refractivity contribution is 5.93. The summed E-state index contributed by atoms with van der Waals surface area (Å²) in [7, 11) is 0. The smallest absolute Gasteiger partial charge is 0.355 e. The summed E-state index contributed by atoms with van der Waals surface area (Å²) in [4.78, 5) is 16.4. The lowest BCUT2D eigenvalue weighted by Gasteiger charge is -2.14. The number of benzene rings is 2. The van der Waals surface area contributed by atoms with Crippen LogP contribution in [0.2, 0.25) is 0 Å². The molecule has 0 unspecified atom stereocenters. The first kappa shape index (κ1) is 19.4. The summed E-state index contributed by atoms with van der Waals surface area (Å²) in [6, 6.07) is 15.7. The fourth-order valence-corrected chi connectivity index (χ4v) is 2.70. The number of nitrogens with one attached hydrogen (secondary N) is 2. The van der Waals surface area contributed by atoms with Gasteiger partial charge >= 0.3 is 6.18 Å². The number of anilines is 2. The van der Waals surface area contributed by atoms with Gasteiger partial charge in [0.15, 0.2) is 0 Å². The summed E-state index contributed by atoms with van der Waals surface area (Å²) < 4.78 is 39.4. The summed E-state index contributed by atoms with van der Waals surface area (Å²) >= 11 is 0. The molecule has 0 bridgehead atoms. The van der Waals surface area contributed by atoms with Crippen molar-refractivity contribution in [3.63, 3.8) is 0 Å². The van der Waals surface area contributed by atoms with E-state index in [1.54, 1.807) is 0 Å². The molecular weight excluding hydrogens is 367 g/mol. The second-order valence-corrected chi connectivity index (χ2v) is 6.21. The van der Waals surface area contributed by atoms with E-state index in [0.717, 1.165) is 17.2 Å². The molecule has 28 heavy (non-hydrogen) atoms. The number of hydrogen-bond acceptors (Lipinski definition) is 3. The number of rotatable bonds is 5. The molecule has 3 aromatic rings. The third-order valence-electron chi connectivity index (χ3n) is 4.20. The highest BCUT2D eigenvalue weighted by atomic mass is 19.4. The SMILES string of the molecule is Cc1ccccc1CNC(=O)c1cc(Nc2ccccc2C(F)(F)F)ccn1. The standard InChI is InChI=1S/C21H18F3N3O/c1-14-6-2-3-7-15(14)13-26-20(28)19-12-16(10-11-25-19)27-18-9-5-4-8-17(18)21(22,23)24/h2-12H,13H2,1H3,(H,25,27)(H,26,28). The van der Waals surface area contributed by atoms with Crippen molar-refractivity contribution in [2.24, 2.45) is 0 Å². The van der Waals surface area contributed by atoms with Crippen LogP contribution in [0.3, 0.4) is 0 Å². The molecule has 7 heteroatoms. The maximum atomic E-state index is 13.1. The number of amides is 1. The molecule has 3 rings (SSSR count). The number of halogens is 3. The van der Waals surface area contributed by atoms with Crippen LogP contribution in [-0.2, 0) is 12.7 Å². The first-order valence-electron chi connectivity index (χ1n) is 8.56. The summed E-state index contributed by atoms with van der Waals surface area (Å²) in [6.45, 7) is 2.28. The van der Waals surface area contributed by atoms with Crippen LogP contribution in [0.15, 0.2) is 66.9 Å². The zero-order valence-electron chi connectivity index (χ0n) is 15.0. The Morgan fingerprint density at radius 2 is 1.75 bits per heavy atom. The molecule has 0 saturated heterocycles. The highest BCUT2D eigenvalue weighted by Crippen LogP contribution is 2.35. The van der Waals surface area contributed by atoms with Gasteiger partial charge < -0.3 is 10.6 Å². The minimum atomic E-state index is -4.48. The van der Waals surface area contributed by atoms with E-state index in [-0.39, 0.29) is 11.4 Å². The van der Waals surface area contributed by atoms with E-state index in [9.17, 15) is 18.0 Å². The lowest BCUT2D eigenvalue weighted by atomic mass is 10.1. The second-order valence-electron chi connectivity index (χ2n) is 6.21. The van der Waals surface area contributed by atoms with Gasteiger partial charge in [-0.05, 0) is 42.3 Å². The van der Waals surface area contributed by atoms with E-state index in [0.29, 0.717) is 12.2 Å². The molecular formula is C21H18F3N3O. The predicted molar refractivity (Wildman–Crippen MR) is 101 cm³/mol. The maximum Gasteiger partial charge on any atom is 0.418 e. The Kier molecular flexibility index (Phi) is 5.63. The molecule has 0 fully saturated rings. The van der Waals surface area contributed by atoms with Crippen molar-refractivity contribution in [1.82, 2.24) is 10.3 Å². The zero-order valence-corrected chi connectivity index (χ0v) is 15.0. The average molecular weight is 385 g/mol. The number of aromatic nitrogens is 1. The van der Waals surface area contributed by atoms with Crippen LogP contribution < -0.4 is 10.6 Å². The quantitative estimate of drug-likeness (QED) is 0.644. The molecule has 0 aliphatic rings. The van der Waals surface area contributed by atoms with Crippen molar-refractivity contribution in [2.75, 3.05) is 5.32 Å². The number of alkyl halides is 3. The number of aryl methyl sites for hydroxylation is 1. The predicted octanol–water partition coefficient (Wildman–Crippen LogP) is 5.08. The molecule has 2 aromatic carbocycles. The molecule has 0 aliphatic heterocycles. The molecule has 1 aromatic heterocycles. The van der Waals surface area contributed by atoms with Gasteiger partial charge in [0, 0.05) is 18.4 Å². The van der Waals surface area contributed by atoms with Gasteiger partial charge in [-0.25, -0.2) is 0 Å². The number of carbonyl (C=O) groups is 1. The van der Waals surface area contributed by atoms with E-state index < -0.39 is 17.6 Å². The first-order valence-corrected chi connectivity index (χ1v) is 8.56. The van der Waals surface area contributed by atoms with E-state index in [4.69, 9.17) is 0 Å². The third-order valence-corrected chi connectivity index (χ3v) is 4.20. The lowest BCUT2D eigenvalue weighted by Crippen LogP contribution is -2.24.